The van der Waals surface area contributed by atoms with Gasteiger partial charge in [-0.05, 0) is 66.6 Å². The summed E-state index contributed by atoms with van der Waals surface area (Å²) in [5.74, 6) is -0.374. The maximum atomic E-state index is 12.8. The first-order chi connectivity index (χ1) is 16.4. The van der Waals surface area contributed by atoms with Crippen LogP contribution in [0.3, 0.4) is 0 Å². The zero-order valence-electron chi connectivity index (χ0n) is 18.7. The van der Waals surface area contributed by atoms with Crippen molar-refractivity contribution in [2.75, 3.05) is 0 Å². The van der Waals surface area contributed by atoms with E-state index in [1.807, 2.05) is 62.4 Å². The van der Waals surface area contributed by atoms with Gasteiger partial charge < -0.3 is 4.57 Å². The molecule has 0 bridgehead atoms. The molecule has 0 spiro atoms. The summed E-state index contributed by atoms with van der Waals surface area (Å²) in [4.78, 5) is 17.1. The van der Waals surface area contributed by atoms with Gasteiger partial charge in [0.2, 0.25) is 5.17 Å². The van der Waals surface area contributed by atoms with E-state index in [1.54, 1.807) is 6.08 Å². The maximum Gasteiger partial charge on any atom is 0.283 e. The number of nitrogens with one attached hydrogen (secondary N) is 1. The average molecular weight is 488 g/mol. The Hall–Kier alpha value is -3.42. The fraction of sp³-hybridized carbons (Fsp3) is 0.154. The van der Waals surface area contributed by atoms with Gasteiger partial charge in [0.05, 0.1) is 5.57 Å². The molecule has 0 aliphatic carbocycles. The van der Waals surface area contributed by atoms with Crippen LogP contribution in [-0.2, 0) is 17.8 Å². The monoisotopic (exact) mass is 487 g/mol. The van der Waals surface area contributed by atoms with E-state index in [9.17, 15) is 4.79 Å². The van der Waals surface area contributed by atoms with Crippen LogP contribution in [0, 0.1) is 19.3 Å². The van der Waals surface area contributed by atoms with Crippen LogP contribution in [-0.4, -0.2) is 31.5 Å². The molecule has 3 heterocycles. The number of hydrogen-bond acceptors (Lipinski definition) is 4. The number of carbonyl (C=O) groups is 1. The Labute approximate surface area is 207 Å². The van der Waals surface area contributed by atoms with Gasteiger partial charge in [-0.2, -0.15) is 15.1 Å². The van der Waals surface area contributed by atoms with Crippen LogP contribution in [0.4, 0.5) is 0 Å². The Morgan fingerprint density at radius 1 is 1.06 bits per heavy atom. The fourth-order valence-electron chi connectivity index (χ4n) is 4.02. The second-order valence-corrected chi connectivity index (χ2v) is 9.69. The van der Waals surface area contributed by atoms with Crippen LogP contribution in [0.15, 0.2) is 76.3 Å². The largest absolute Gasteiger partial charge is 0.344 e. The Balaban J connectivity index is 1.40. The molecule has 2 aliphatic heterocycles. The molecular formula is C26H22ClN5OS. The quantitative estimate of drug-likeness (QED) is 0.471. The fourth-order valence-corrected chi connectivity index (χ4v) is 5.06. The molecule has 1 amide bonds. The van der Waals surface area contributed by atoms with E-state index in [0.29, 0.717) is 16.6 Å². The summed E-state index contributed by atoms with van der Waals surface area (Å²) in [6, 6.07) is 19.8. The van der Waals surface area contributed by atoms with Crippen molar-refractivity contribution in [1.82, 2.24) is 9.58 Å². The summed E-state index contributed by atoms with van der Waals surface area (Å²) in [5, 5.41) is 16.6. The van der Waals surface area contributed by atoms with Crippen LogP contribution in [0.1, 0.15) is 28.1 Å². The number of hydrogen-bond donors (Lipinski definition) is 1. The predicted molar refractivity (Wildman–Crippen MR) is 140 cm³/mol. The van der Waals surface area contributed by atoms with Crippen LogP contribution in [0.5, 0.6) is 0 Å². The lowest BCUT2D eigenvalue weighted by atomic mass is 10.1. The normalized spacial score (nSPS) is 16.7. The molecule has 0 fully saturated rings. The minimum Gasteiger partial charge on any atom is -0.344 e. The highest BCUT2D eigenvalue weighted by molar-refractivity contribution is 8.26. The molecule has 8 heteroatoms. The second kappa shape index (κ2) is 9.08. The van der Waals surface area contributed by atoms with E-state index in [0.717, 1.165) is 34.1 Å². The second-order valence-electron chi connectivity index (χ2n) is 8.22. The van der Waals surface area contributed by atoms with Crippen molar-refractivity contribution in [1.29, 1.82) is 5.41 Å². The molecule has 34 heavy (non-hydrogen) atoms. The summed E-state index contributed by atoms with van der Waals surface area (Å²) < 4.78 is 2.21. The lowest BCUT2D eigenvalue weighted by Crippen LogP contribution is -2.35. The molecule has 1 N–H and O–H groups in total. The van der Waals surface area contributed by atoms with Gasteiger partial charge in [-0.25, -0.2) is 0 Å². The topological polar surface area (TPSA) is 73.8 Å². The standard InChI is InChI=1S/C26H22ClN5OS/c1-16-12-20(17(2)31(16)15-19-6-4-3-5-7-19)14-22-24(28)32-26(29-25(22)33)34-23(30-32)13-18-8-10-21(27)11-9-18/h3-12,14,28H,13,15H2,1-2H3/b22-14-,28-24?. The SMILES string of the molecule is Cc1cc(/C=C2/C(=N)N3N=C(Cc4ccc(Cl)cc4)SC3=NC2=O)c(C)n1Cc1ccccc1. The Morgan fingerprint density at radius 2 is 1.79 bits per heavy atom. The third kappa shape index (κ3) is 4.36. The Bertz CT molecular complexity index is 1390. The number of hydrazone groups is 1. The molecule has 0 unspecified atom stereocenters. The summed E-state index contributed by atoms with van der Waals surface area (Å²) in [6.45, 7) is 4.82. The van der Waals surface area contributed by atoms with Crippen molar-refractivity contribution in [3.8, 4) is 0 Å². The Morgan fingerprint density at radius 3 is 2.53 bits per heavy atom. The minimum absolute atomic E-state index is 0.0430. The highest BCUT2D eigenvalue weighted by Gasteiger charge is 2.35. The molecule has 0 saturated heterocycles. The van der Waals surface area contributed by atoms with Crippen molar-refractivity contribution in [3.05, 3.63) is 99.3 Å². The number of halogens is 1. The van der Waals surface area contributed by atoms with E-state index in [2.05, 4.69) is 26.8 Å². The molecule has 3 aromatic rings. The van der Waals surface area contributed by atoms with Crippen molar-refractivity contribution < 1.29 is 4.79 Å². The maximum absolute atomic E-state index is 12.8. The number of carbonyl (C=O) groups excluding carboxylic acids is 1. The van der Waals surface area contributed by atoms with Gasteiger partial charge in [-0.1, -0.05) is 54.1 Å². The highest BCUT2D eigenvalue weighted by atomic mass is 35.5. The van der Waals surface area contributed by atoms with Crippen LogP contribution < -0.4 is 0 Å². The third-order valence-corrected chi connectivity index (χ3v) is 7.02. The summed E-state index contributed by atoms with van der Waals surface area (Å²) >= 11 is 7.29. The van der Waals surface area contributed by atoms with Crippen molar-refractivity contribution in [2.24, 2.45) is 10.1 Å². The number of aromatic nitrogens is 1. The predicted octanol–water partition coefficient (Wildman–Crippen LogP) is 5.67. The smallest absolute Gasteiger partial charge is 0.283 e. The van der Waals surface area contributed by atoms with Gasteiger partial charge >= 0.3 is 0 Å². The molecule has 170 valence electrons. The first kappa shape index (κ1) is 22.4. The van der Waals surface area contributed by atoms with E-state index < -0.39 is 5.91 Å². The van der Waals surface area contributed by atoms with E-state index >= 15 is 0 Å². The van der Waals surface area contributed by atoms with Crippen molar-refractivity contribution in [3.63, 3.8) is 0 Å². The number of amides is 1. The first-order valence-electron chi connectivity index (χ1n) is 10.8. The highest BCUT2D eigenvalue weighted by Crippen LogP contribution is 2.30. The van der Waals surface area contributed by atoms with Crippen LogP contribution in [0.2, 0.25) is 5.02 Å². The number of thioether (sulfide) groups is 1. The molecule has 0 radical (unpaired) electrons. The summed E-state index contributed by atoms with van der Waals surface area (Å²) in [6.07, 6.45) is 2.34. The zero-order valence-corrected chi connectivity index (χ0v) is 20.3. The number of benzene rings is 2. The van der Waals surface area contributed by atoms with Gasteiger partial charge in [-0.3, -0.25) is 10.2 Å². The molecule has 0 atom stereocenters. The average Bonchev–Trinajstić information content (AvgIpc) is 3.34. The van der Waals surface area contributed by atoms with Gasteiger partial charge in [0.1, 0.15) is 5.04 Å². The molecule has 2 aromatic carbocycles. The number of nitrogens with zero attached hydrogens (tertiary/aromatic N) is 4. The molecule has 6 nitrogen and oxygen atoms in total. The number of aliphatic imine (C=N–C) groups is 1. The molecule has 0 saturated carbocycles. The molecule has 2 aliphatic rings. The molecule has 5 rings (SSSR count). The van der Waals surface area contributed by atoms with E-state index in [1.165, 1.54) is 22.3 Å². The van der Waals surface area contributed by atoms with Crippen LogP contribution >= 0.6 is 23.4 Å². The Kier molecular flexibility index (Phi) is 5.98. The molecular weight excluding hydrogens is 466 g/mol. The first-order valence-corrected chi connectivity index (χ1v) is 12.0. The van der Waals surface area contributed by atoms with Gasteiger partial charge in [0.25, 0.3) is 5.91 Å². The third-order valence-electron chi connectivity index (χ3n) is 5.86. The van der Waals surface area contributed by atoms with Crippen molar-refractivity contribution >= 4 is 51.4 Å². The summed E-state index contributed by atoms with van der Waals surface area (Å²) in [5.41, 5.74) is 5.52. The van der Waals surface area contributed by atoms with Gasteiger partial charge in [0.15, 0.2) is 5.84 Å². The zero-order chi connectivity index (χ0) is 23.8. The summed E-state index contributed by atoms with van der Waals surface area (Å²) in [7, 11) is 0. The van der Waals surface area contributed by atoms with Gasteiger partial charge in [-0.15, -0.1) is 0 Å². The van der Waals surface area contributed by atoms with Gasteiger partial charge in [0, 0.05) is 29.4 Å². The lowest BCUT2D eigenvalue weighted by Gasteiger charge is -2.20. The number of rotatable bonds is 5. The number of amidine groups is 2. The van der Waals surface area contributed by atoms with Crippen LogP contribution in [0.25, 0.3) is 6.08 Å². The lowest BCUT2D eigenvalue weighted by molar-refractivity contribution is -0.114. The number of aryl methyl sites for hydroxylation is 1. The van der Waals surface area contributed by atoms with Crippen molar-refractivity contribution in [2.45, 2.75) is 26.8 Å². The molecule has 1 aromatic heterocycles. The minimum atomic E-state index is -0.417. The van der Waals surface area contributed by atoms with E-state index in [-0.39, 0.29) is 11.4 Å². The van der Waals surface area contributed by atoms with E-state index in [4.69, 9.17) is 17.0 Å². The number of fused-ring (bicyclic) bond motifs is 1.